The van der Waals surface area contributed by atoms with E-state index in [0.29, 0.717) is 58.5 Å². The molecule has 0 spiro atoms. The lowest BCUT2D eigenvalue weighted by Gasteiger charge is -2.43. The van der Waals surface area contributed by atoms with Crippen molar-refractivity contribution >= 4 is 53.3 Å². The molecule has 0 bridgehead atoms. The number of ether oxygens (including phenoxy) is 1. The molecule has 7 nitrogen and oxygen atoms in total. The summed E-state index contributed by atoms with van der Waals surface area (Å²) in [4.78, 5) is 28.2. The van der Waals surface area contributed by atoms with Gasteiger partial charge >= 0.3 is 19.5 Å². The Hall–Kier alpha value is -3.05. The zero-order valence-electron chi connectivity index (χ0n) is 26.9. The maximum atomic E-state index is 14.0. The fourth-order valence-electron chi connectivity index (χ4n) is 7.36. The van der Waals surface area contributed by atoms with Gasteiger partial charge in [0.15, 0.2) is 11.5 Å². The number of imide groups is 1. The second-order valence-corrected chi connectivity index (χ2v) is 13.8. The maximum absolute atomic E-state index is 14.0. The van der Waals surface area contributed by atoms with Crippen LogP contribution in [-0.4, -0.2) is 42.3 Å². The number of phenols is 1. The number of rotatable bonds is 9. The Morgan fingerprint density at radius 3 is 2.27 bits per heavy atom. The van der Waals surface area contributed by atoms with E-state index in [0.717, 1.165) is 22.3 Å². The molecule has 0 unspecified atom stereocenters. The molecule has 2 aliphatic heterocycles. The Bertz CT molecular complexity index is 1660. The van der Waals surface area contributed by atoms with Gasteiger partial charge in [-0.15, -0.1) is 0 Å². The van der Waals surface area contributed by atoms with Crippen LogP contribution in [-0.2, 0) is 26.6 Å². The van der Waals surface area contributed by atoms with Gasteiger partial charge < -0.3 is 19.5 Å². The predicted octanol–water partition coefficient (Wildman–Crippen LogP) is 8.42. The number of amides is 2. The number of carbonyl (C=O) groups is 2. The summed E-state index contributed by atoms with van der Waals surface area (Å²) < 4.78 is 94.0. The summed E-state index contributed by atoms with van der Waals surface area (Å²) in [5.41, 5.74) is -0.574. The molecule has 2 aromatic carbocycles. The van der Waals surface area contributed by atoms with Crippen molar-refractivity contribution in [3.63, 3.8) is 0 Å². The van der Waals surface area contributed by atoms with Gasteiger partial charge in [-0.1, -0.05) is 37.5 Å². The quantitative estimate of drug-likeness (QED) is 0.0870. The number of carbonyl (C=O) groups excluding carboxylic acids is 2. The lowest BCUT2D eigenvalue weighted by Crippen LogP contribution is -2.46. The Kier molecular flexibility index (Phi) is 10.9. The molecule has 2 fully saturated rings. The minimum absolute atomic E-state index is 0.0345. The van der Waals surface area contributed by atoms with Crippen LogP contribution in [0.15, 0.2) is 47.1 Å². The summed E-state index contributed by atoms with van der Waals surface area (Å²) in [6.45, 7) is 3.92. The van der Waals surface area contributed by atoms with Crippen LogP contribution in [0.4, 0.5) is 32.0 Å². The summed E-state index contributed by atoms with van der Waals surface area (Å²) in [5, 5.41) is 21.1. The molecule has 2 N–H and O–H groups in total. The molecule has 264 valence electrons. The van der Waals surface area contributed by atoms with E-state index in [1.165, 1.54) is 7.11 Å². The standard InChI is InChI=1S/C34H35BF6INO6/c1-4-6-19-12-23-29(32(46)43(31(23)45)22-14-20(33(36,37)38)13-21(15-22)34(39,40)41)24-16-35(47)49-26(28(19)24)8-7-17(5-2)9-18-10-25(42)30(44)27(11-18)48-3/h9-11,13-15,23-24,26,29,44,47H,4-8,12,16H2,1-3H3/b17-9+/t23-,24+,26-,29-/m1/s1. The average Bonchev–Trinajstić information content (AvgIpc) is 3.28. The monoisotopic (exact) mass is 805 g/mol. The molecule has 4 atom stereocenters. The van der Waals surface area contributed by atoms with Crippen LogP contribution in [0, 0.1) is 21.3 Å². The second kappa shape index (κ2) is 14.3. The number of fused-ring (bicyclic) bond motifs is 3. The minimum Gasteiger partial charge on any atom is -0.504 e. The average molecular weight is 805 g/mol. The summed E-state index contributed by atoms with van der Waals surface area (Å²) in [6.07, 6.45) is -6.10. The predicted molar refractivity (Wildman–Crippen MR) is 178 cm³/mol. The molecule has 0 radical (unpaired) electrons. The number of allylic oxidation sites excluding steroid dienone is 2. The van der Waals surface area contributed by atoms with Crippen molar-refractivity contribution in [2.75, 3.05) is 12.0 Å². The van der Waals surface area contributed by atoms with Crippen molar-refractivity contribution in [1.29, 1.82) is 0 Å². The number of benzene rings is 2. The molecule has 3 aliphatic rings. The first-order valence-electron chi connectivity index (χ1n) is 16.0. The van der Waals surface area contributed by atoms with Crippen LogP contribution < -0.4 is 9.64 Å². The van der Waals surface area contributed by atoms with Crippen molar-refractivity contribution in [2.24, 2.45) is 17.8 Å². The molecular weight excluding hydrogens is 770 g/mol. The Balaban J connectivity index is 1.48. The summed E-state index contributed by atoms with van der Waals surface area (Å²) in [7, 11) is 0.152. The first-order valence-corrected chi connectivity index (χ1v) is 17.0. The van der Waals surface area contributed by atoms with Crippen LogP contribution in [0.2, 0.25) is 6.32 Å². The molecule has 2 amide bonds. The maximum Gasteiger partial charge on any atom is 0.455 e. The third-order valence-corrected chi connectivity index (χ3v) is 10.3. The third kappa shape index (κ3) is 7.53. The van der Waals surface area contributed by atoms with E-state index in [1.807, 2.05) is 48.6 Å². The van der Waals surface area contributed by atoms with Gasteiger partial charge in [-0.25, -0.2) is 4.90 Å². The number of halogens is 7. The zero-order valence-corrected chi connectivity index (χ0v) is 29.1. The number of hydrogen-bond donors (Lipinski definition) is 2. The van der Waals surface area contributed by atoms with Crippen molar-refractivity contribution < 1.29 is 55.5 Å². The van der Waals surface area contributed by atoms with Gasteiger partial charge in [-0.2, -0.15) is 26.3 Å². The number of hydrogen-bond acceptors (Lipinski definition) is 6. The van der Waals surface area contributed by atoms with Crippen molar-refractivity contribution in [2.45, 2.75) is 77.1 Å². The highest BCUT2D eigenvalue weighted by Crippen LogP contribution is 2.53. The smallest absolute Gasteiger partial charge is 0.455 e. The SMILES string of the molecule is CCCC1=C2[C@@H](CC/C(=C/c3cc(I)c(O)c(OC)c3)CC)OB(O)C[C@@H]2[C@@H]2C(=O)N(c3cc(C(F)(F)F)cc(C(F)(F)F)c3)C(=O)[C@@H]2C1. The van der Waals surface area contributed by atoms with Gasteiger partial charge in [0.1, 0.15) is 0 Å². The summed E-state index contributed by atoms with van der Waals surface area (Å²) in [6, 6.07) is 4.27. The third-order valence-electron chi connectivity index (χ3n) is 9.51. The van der Waals surface area contributed by atoms with E-state index in [-0.39, 0.29) is 24.6 Å². The van der Waals surface area contributed by atoms with Crippen molar-refractivity contribution in [3.8, 4) is 11.5 Å². The highest BCUT2D eigenvalue weighted by Gasteiger charge is 2.58. The van der Waals surface area contributed by atoms with E-state index in [1.54, 1.807) is 6.07 Å². The lowest BCUT2D eigenvalue weighted by molar-refractivity contribution is -0.143. The first-order chi connectivity index (χ1) is 23.0. The van der Waals surface area contributed by atoms with Crippen LogP contribution in [0.5, 0.6) is 11.5 Å². The molecule has 0 saturated carbocycles. The van der Waals surface area contributed by atoms with E-state index >= 15 is 0 Å². The minimum atomic E-state index is -5.16. The summed E-state index contributed by atoms with van der Waals surface area (Å²) >= 11 is 2.01. The van der Waals surface area contributed by atoms with Gasteiger partial charge in [0.2, 0.25) is 11.8 Å². The largest absolute Gasteiger partial charge is 0.504 e. The molecule has 5 rings (SSSR count). The number of alkyl halides is 6. The van der Waals surface area contributed by atoms with Gasteiger partial charge in [0, 0.05) is 0 Å². The normalized spacial score (nSPS) is 23.3. The zero-order chi connectivity index (χ0) is 36.0. The van der Waals surface area contributed by atoms with Crippen LogP contribution in [0.1, 0.15) is 69.1 Å². The highest BCUT2D eigenvalue weighted by atomic mass is 127. The first kappa shape index (κ1) is 37.2. The van der Waals surface area contributed by atoms with Gasteiger partial charge in [0.25, 0.3) is 0 Å². The molecule has 2 aromatic rings. The molecular formula is C34H35BF6INO6. The second-order valence-electron chi connectivity index (χ2n) is 12.6. The van der Waals surface area contributed by atoms with Crippen LogP contribution >= 0.6 is 22.6 Å². The van der Waals surface area contributed by atoms with Crippen LogP contribution in [0.25, 0.3) is 6.08 Å². The number of methoxy groups -OCH3 is 1. The van der Waals surface area contributed by atoms with Gasteiger partial charge in [-0.3, -0.25) is 9.59 Å². The molecule has 0 aromatic heterocycles. The van der Waals surface area contributed by atoms with Crippen molar-refractivity contribution in [3.05, 3.63) is 67.3 Å². The van der Waals surface area contributed by atoms with E-state index in [4.69, 9.17) is 9.39 Å². The lowest BCUT2D eigenvalue weighted by atomic mass is 9.58. The van der Waals surface area contributed by atoms with E-state index < -0.39 is 72.0 Å². The van der Waals surface area contributed by atoms with E-state index in [2.05, 4.69) is 0 Å². The van der Waals surface area contributed by atoms with Gasteiger partial charge in [-0.05, 0) is 108 Å². The topological polar surface area (TPSA) is 96.3 Å². The molecule has 1 aliphatic carbocycles. The Morgan fingerprint density at radius 2 is 1.69 bits per heavy atom. The fourth-order valence-corrected chi connectivity index (χ4v) is 7.99. The molecule has 2 saturated heterocycles. The Labute approximate surface area is 293 Å². The number of phenolic OH excluding ortho intramolecular Hbond substituents is 1. The number of nitrogens with zero attached hydrogens (tertiary/aromatic N) is 1. The molecule has 49 heavy (non-hydrogen) atoms. The number of anilines is 1. The number of aromatic hydroxyl groups is 1. The van der Waals surface area contributed by atoms with Gasteiger partial charge in [0.05, 0.1) is 45.4 Å². The molecule has 2 heterocycles. The highest BCUT2D eigenvalue weighted by molar-refractivity contribution is 14.1. The molecule has 15 heteroatoms. The van der Waals surface area contributed by atoms with Crippen molar-refractivity contribution in [1.82, 2.24) is 0 Å². The van der Waals surface area contributed by atoms with Crippen LogP contribution in [0.3, 0.4) is 0 Å². The summed E-state index contributed by atoms with van der Waals surface area (Å²) in [5.74, 6) is -4.17. The van der Waals surface area contributed by atoms with E-state index in [9.17, 15) is 46.1 Å². The fraction of sp³-hybridized carbons (Fsp3) is 0.471. The Morgan fingerprint density at radius 1 is 1.04 bits per heavy atom.